The zero-order valence-electron chi connectivity index (χ0n) is 15.1. The summed E-state index contributed by atoms with van der Waals surface area (Å²) >= 11 is 0. The van der Waals surface area contributed by atoms with Crippen molar-refractivity contribution >= 4 is 5.97 Å². The molecule has 24 heavy (non-hydrogen) atoms. The minimum atomic E-state index is -0.648. The molecule has 4 atom stereocenters. The first-order valence-electron chi connectivity index (χ1n) is 8.59. The fraction of sp³-hybridized carbons (Fsp3) is 0.550. The van der Waals surface area contributed by atoms with Gasteiger partial charge in [0.1, 0.15) is 11.9 Å². The molecular formula is C20H26O4. The Kier molecular flexibility index (Phi) is 4.20. The third-order valence-electron chi connectivity index (χ3n) is 6.10. The topological polar surface area (TPSA) is 59.7 Å². The Bertz CT molecular complexity index is 724. The second kappa shape index (κ2) is 5.92. The molecule has 0 fully saturated rings. The molecule has 2 aliphatic carbocycles. The third kappa shape index (κ3) is 2.35. The van der Waals surface area contributed by atoms with Crippen LogP contribution in [0.2, 0.25) is 0 Å². The molecule has 2 aliphatic rings. The summed E-state index contributed by atoms with van der Waals surface area (Å²) in [5.74, 6) is 0.597. The van der Waals surface area contributed by atoms with Crippen molar-refractivity contribution < 1.29 is 19.1 Å². The van der Waals surface area contributed by atoms with E-state index >= 15 is 0 Å². The van der Waals surface area contributed by atoms with Crippen molar-refractivity contribution in [2.45, 2.75) is 59.7 Å². The van der Waals surface area contributed by atoms with Gasteiger partial charge in [-0.3, -0.25) is 0 Å². The molecule has 0 bridgehead atoms. The zero-order valence-corrected chi connectivity index (χ0v) is 15.1. The van der Waals surface area contributed by atoms with Gasteiger partial charge >= 0.3 is 5.97 Å². The van der Waals surface area contributed by atoms with Crippen LogP contribution in [0.3, 0.4) is 0 Å². The van der Waals surface area contributed by atoms with E-state index in [9.17, 15) is 9.90 Å². The van der Waals surface area contributed by atoms with Crippen LogP contribution in [0.1, 0.15) is 57.1 Å². The van der Waals surface area contributed by atoms with Crippen LogP contribution in [0.4, 0.5) is 0 Å². The van der Waals surface area contributed by atoms with E-state index in [1.165, 1.54) is 5.57 Å². The lowest BCUT2D eigenvalue weighted by molar-refractivity contribution is -0.152. The molecular weight excluding hydrogens is 304 g/mol. The van der Waals surface area contributed by atoms with E-state index in [0.717, 1.165) is 23.3 Å². The number of rotatable bonds is 2. The highest BCUT2D eigenvalue weighted by molar-refractivity contribution is 5.87. The van der Waals surface area contributed by atoms with Gasteiger partial charge in [-0.2, -0.15) is 0 Å². The quantitative estimate of drug-likeness (QED) is 0.505. The van der Waals surface area contributed by atoms with Gasteiger partial charge in [-0.25, -0.2) is 4.79 Å². The van der Waals surface area contributed by atoms with Crippen LogP contribution in [0.5, 0.6) is 0 Å². The molecule has 0 spiro atoms. The molecule has 1 aromatic heterocycles. The lowest BCUT2D eigenvalue weighted by atomic mass is 9.58. The van der Waals surface area contributed by atoms with Crippen molar-refractivity contribution in [2.75, 3.05) is 0 Å². The second-order valence-electron chi connectivity index (χ2n) is 7.29. The number of aliphatic hydroxyl groups excluding tert-OH is 1. The summed E-state index contributed by atoms with van der Waals surface area (Å²) in [5, 5.41) is 11.1. The van der Waals surface area contributed by atoms with Crippen LogP contribution in [0, 0.1) is 18.3 Å². The average molecular weight is 330 g/mol. The number of carbonyl (C=O) groups is 1. The molecule has 4 heteroatoms. The number of esters is 1. The monoisotopic (exact) mass is 330 g/mol. The first-order chi connectivity index (χ1) is 11.3. The lowest BCUT2D eigenvalue weighted by Gasteiger charge is -2.49. The number of carbonyl (C=O) groups excluding carboxylic acids is 1. The van der Waals surface area contributed by atoms with Gasteiger partial charge in [-0.1, -0.05) is 31.6 Å². The van der Waals surface area contributed by atoms with Gasteiger partial charge in [0.15, 0.2) is 0 Å². The fourth-order valence-electron chi connectivity index (χ4n) is 4.03. The number of aliphatic hydroxyl groups is 1. The Morgan fingerprint density at radius 1 is 1.50 bits per heavy atom. The van der Waals surface area contributed by atoms with E-state index in [1.54, 1.807) is 19.3 Å². The number of furan rings is 1. The Morgan fingerprint density at radius 3 is 2.88 bits per heavy atom. The number of hydrogen-bond acceptors (Lipinski definition) is 4. The standard InChI is InChI=1S/C20H26O4/c1-6-11(2)19(22)24-15-8-7-14-9-16-17(12(3)10-23-16)18(21)20(14,5)13(15)4/h6-7,10,13,15,18,21H,8-9H2,1-5H3/b11-6-/t13-,15-,18+,20+/m0/s1. The number of fused-ring (bicyclic) bond motifs is 2. The Labute approximate surface area is 143 Å². The van der Waals surface area contributed by atoms with E-state index in [0.29, 0.717) is 12.0 Å². The van der Waals surface area contributed by atoms with Gasteiger partial charge in [0, 0.05) is 35.3 Å². The molecule has 1 aromatic rings. The van der Waals surface area contributed by atoms with E-state index in [4.69, 9.17) is 9.15 Å². The molecule has 0 radical (unpaired) electrons. The molecule has 0 amide bonds. The van der Waals surface area contributed by atoms with Crippen molar-refractivity contribution in [3.8, 4) is 0 Å². The molecule has 3 rings (SSSR count). The molecule has 1 N–H and O–H groups in total. The highest BCUT2D eigenvalue weighted by Gasteiger charge is 2.52. The highest BCUT2D eigenvalue weighted by Crippen LogP contribution is 2.56. The summed E-state index contributed by atoms with van der Waals surface area (Å²) in [5.41, 5.74) is 3.22. The van der Waals surface area contributed by atoms with Crippen LogP contribution in [0.15, 0.2) is 34.0 Å². The summed E-state index contributed by atoms with van der Waals surface area (Å²) < 4.78 is 11.4. The maximum absolute atomic E-state index is 12.2. The van der Waals surface area contributed by atoms with Crippen molar-refractivity contribution in [2.24, 2.45) is 11.3 Å². The number of allylic oxidation sites excluding steroid dienone is 1. The average Bonchev–Trinajstić information content (AvgIpc) is 2.93. The van der Waals surface area contributed by atoms with Gasteiger partial charge < -0.3 is 14.3 Å². The summed E-state index contributed by atoms with van der Waals surface area (Å²) in [6.07, 6.45) is 6.11. The molecule has 0 aliphatic heterocycles. The Morgan fingerprint density at radius 2 is 2.21 bits per heavy atom. The highest BCUT2D eigenvalue weighted by atomic mass is 16.5. The second-order valence-corrected chi connectivity index (χ2v) is 7.29. The first-order valence-corrected chi connectivity index (χ1v) is 8.59. The van der Waals surface area contributed by atoms with Crippen molar-refractivity contribution in [1.82, 2.24) is 0 Å². The molecule has 0 unspecified atom stereocenters. The number of hydrogen-bond donors (Lipinski definition) is 1. The van der Waals surface area contributed by atoms with Crippen molar-refractivity contribution in [1.29, 1.82) is 0 Å². The largest absolute Gasteiger partial charge is 0.468 e. The number of ether oxygens (including phenoxy) is 1. The van der Waals surface area contributed by atoms with Gasteiger partial charge in [-0.05, 0) is 26.3 Å². The third-order valence-corrected chi connectivity index (χ3v) is 6.10. The van der Waals surface area contributed by atoms with E-state index < -0.39 is 11.5 Å². The van der Waals surface area contributed by atoms with Gasteiger partial charge in [0.2, 0.25) is 0 Å². The van der Waals surface area contributed by atoms with Crippen molar-refractivity contribution in [3.05, 3.63) is 46.4 Å². The normalized spacial score (nSPS) is 32.7. The van der Waals surface area contributed by atoms with Crippen LogP contribution in [-0.4, -0.2) is 17.2 Å². The molecule has 0 saturated carbocycles. The van der Waals surface area contributed by atoms with E-state index in [2.05, 4.69) is 19.9 Å². The molecule has 0 saturated heterocycles. The number of aryl methyl sites for hydroxylation is 1. The predicted molar refractivity (Wildman–Crippen MR) is 91.4 cm³/mol. The molecule has 0 aromatic carbocycles. The Hall–Kier alpha value is -1.81. The SMILES string of the molecule is C/C=C(/C)C(=O)O[C@H]1CC=C2Cc3occ(C)c3[C@@H](O)[C@]2(C)[C@H]1C. The maximum Gasteiger partial charge on any atom is 0.333 e. The van der Waals surface area contributed by atoms with Gasteiger partial charge in [0.05, 0.1) is 12.4 Å². The lowest BCUT2D eigenvalue weighted by Crippen LogP contribution is -2.47. The van der Waals surface area contributed by atoms with Gasteiger partial charge in [-0.15, -0.1) is 0 Å². The summed E-state index contributed by atoms with van der Waals surface area (Å²) in [7, 11) is 0. The van der Waals surface area contributed by atoms with Gasteiger partial charge in [0.25, 0.3) is 0 Å². The zero-order chi connectivity index (χ0) is 17.6. The maximum atomic E-state index is 12.2. The summed E-state index contributed by atoms with van der Waals surface area (Å²) in [6.45, 7) is 9.69. The van der Waals surface area contributed by atoms with Crippen molar-refractivity contribution in [3.63, 3.8) is 0 Å². The first kappa shape index (κ1) is 17.0. The van der Waals surface area contributed by atoms with Crippen LogP contribution >= 0.6 is 0 Å². The van der Waals surface area contributed by atoms with E-state index in [1.807, 2.05) is 13.8 Å². The van der Waals surface area contributed by atoms with Crippen LogP contribution in [0.25, 0.3) is 0 Å². The van der Waals surface area contributed by atoms with Crippen LogP contribution < -0.4 is 0 Å². The molecule has 1 heterocycles. The minimum Gasteiger partial charge on any atom is -0.468 e. The summed E-state index contributed by atoms with van der Waals surface area (Å²) in [6, 6.07) is 0. The van der Waals surface area contributed by atoms with E-state index in [-0.39, 0.29) is 18.0 Å². The predicted octanol–water partition coefficient (Wildman–Crippen LogP) is 4.03. The molecule has 4 nitrogen and oxygen atoms in total. The molecule has 130 valence electrons. The fourth-order valence-corrected chi connectivity index (χ4v) is 4.03. The summed E-state index contributed by atoms with van der Waals surface area (Å²) in [4.78, 5) is 12.2. The van der Waals surface area contributed by atoms with Crippen LogP contribution in [-0.2, 0) is 16.0 Å². The smallest absolute Gasteiger partial charge is 0.333 e. The Balaban J connectivity index is 1.94. The minimum absolute atomic E-state index is 0.0172.